The number of carbonyl (C=O) groups is 1. The van der Waals surface area contributed by atoms with Crippen LogP contribution in [-0.4, -0.2) is 44.0 Å². The average molecular weight is 353 g/mol. The predicted octanol–water partition coefficient (Wildman–Crippen LogP) is 2.11. The third kappa shape index (κ3) is 5.31. The molecule has 24 heavy (non-hydrogen) atoms. The van der Waals surface area contributed by atoms with Gasteiger partial charge in [-0.05, 0) is 38.2 Å². The van der Waals surface area contributed by atoms with E-state index >= 15 is 0 Å². The summed E-state index contributed by atoms with van der Waals surface area (Å²) >= 11 is 0. The van der Waals surface area contributed by atoms with Crippen LogP contribution in [0, 0.1) is 12.8 Å². The van der Waals surface area contributed by atoms with E-state index in [4.69, 9.17) is 0 Å². The van der Waals surface area contributed by atoms with Crippen LogP contribution in [-0.2, 0) is 21.2 Å². The smallest absolute Gasteiger partial charge is 0.224 e. The summed E-state index contributed by atoms with van der Waals surface area (Å²) in [7, 11) is -3.21. The SMILES string of the molecule is CCCS(=O)(=O)N1CCCC(C(=O)NCCc2cccc(C)c2)C1. The third-order valence-electron chi connectivity index (χ3n) is 4.41. The molecule has 1 aliphatic rings. The van der Waals surface area contributed by atoms with Crippen molar-refractivity contribution < 1.29 is 13.2 Å². The van der Waals surface area contributed by atoms with E-state index in [1.807, 2.05) is 13.0 Å². The minimum Gasteiger partial charge on any atom is -0.355 e. The standard InChI is InChI=1S/C18H28N2O3S/c1-3-12-24(22,23)20-11-5-8-17(14-20)18(21)19-10-9-16-7-4-6-15(2)13-16/h4,6-7,13,17H,3,5,8-12,14H2,1-2H3,(H,19,21). The maximum atomic E-state index is 12.4. The number of carbonyl (C=O) groups excluding carboxylic acids is 1. The van der Waals surface area contributed by atoms with Crippen LogP contribution in [0.3, 0.4) is 0 Å². The Balaban J connectivity index is 1.83. The van der Waals surface area contributed by atoms with Gasteiger partial charge in [0.1, 0.15) is 0 Å². The van der Waals surface area contributed by atoms with Crippen molar-refractivity contribution in [2.75, 3.05) is 25.4 Å². The normalized spacial score (nSPS) is 19.2. The van der Waals surface area contributed by atoms with Crippen LogP contribution >= 0.6 is 0 Å². The van der Waals surface area contributed by atoms with E-state index in [-0.39, 0.29) is 17.6 Å². The first-order valence-corrected chi connectivity index (χ1v) is 10.3. The highest BCUT2D eigenvalue weighted by Gasteiger charge is 2.31. The molecule has 1 N–H and O–H groups in total. The minimum atomic E-state index is -3.21. The molecular weight excluding hydrogens is 324 g/mol. The summed E-state index contributed by atoms with van der Waals surface area (Å²) in [6.45, 7) is 5.35. The number of aryl methyl sites for hydroxylation is 1. The Bertz CT molecular complexity index is 658. The van der Waals surface area contributed by atoms with Crippen LogP contribution in [0.2, 0.25) is 0 Å². The molecule has 6 heteroatoms. The van der Waals surface area contributed by atoms with Crippen molar-refractivity contribution in [3.05, 3.63) is 35.4 Å². The number of rotatable bonds is 7. The highest BCUT2D eigenvalue weighted by molar-refractivity contribution is 7.89. The van der Waals surface area contributed by atoms with E-state index < -0.39 is 10.0 Å². The Morgan fingerprint density at radius 3 is 2.88 bits per heavy atom. The van der Waals surface area contributed by atoms with Crippen molar-refractivity contribution in [1.82, 2.24) is 9.62 Å². The number of sulfonamides is 1. The Hall–Kier alpha value is -1.40. The molecule has 134 valence electrons. The van der Waals surface area contributed by atoms with Crippen molar-refractivity contribution in [2.24, 2.45) is 5.92 Å². The topological polar surface area (TPSA) is 66.5 Å². The molecule has 0 radical (unpaired) electrons. The number of piperidine rings is 1. The maximum absolute atomic E-state index is 12.4. The summed E-state index contributed by atoms with van der Waals surface area (Å²) in [6.07, 6.45) is 2.90. The van der Waals surface area contributed by atoms with E-state index in [9.17, 15) is 13.2 Å². The van der Waals surface area contributed by atoms with Gasteiger partial charge in [-0.2, -0.15) is 0 Å². The summed E-state index contributed by atoms with van der Waals surface area (Å²) < 4.78 is 25.8. The summed E-state index contributed by atoms with van der Waals surface area (Å²) in [4.78, 5) is 12.4. The van der Waals surface area contributed by atoms with Gasteiger partial charge in [0.25, 0.3) is 0 Å². The second-order valence-corrected chi connectivity index (χ2v) is 8.63. The molecule has 5 nitrogen and oxygen atoms in total. The number of nitrogens with one attached hydrogen (secondary N) is 1. The largest absolute Gasteiger partial charge is 0.355 e. The lowest BCUT2D eigenvalue weighted by molar-refractivity contribution is -0.126. The Morgan fingerprint density at radius 2 is 2.17 bits per heavy atom. The van der Waals surface area contributed by atoms with Gasteiger partial charge in [0.15, 0.2) is 0 Å². The fraction of sp³-hybridized carbons (Fsp3) is 0.611. The summed E-state index contributed by atoms with van der Waals surface area (Å²) in [5.74, 6) is -0.101. The Kier molecular flexibility index (Phi) is 6.80. The second kappa shape index (κ2) is 8.62. The van der Waals surface area contributed by atoms with E-state index in [2.05, 4.69) is 30.4 Å². The minimum absolute atomic E-state index is 0.0287. The highest BCUT2D eigenvalue weighted by atomic mass is 32.2. The number of nitrogens with zero attached hydrogens (tertiary/aromatic N) is 1. The van der Waals surface area contributed by atoms with Gasteiger partial charge < -0.3 is 5.32 Å². The fourth-order valence-corrected chi connectivity index (χ4v) is 4.73. The van der Waals surface area contributed by atoms with E-state index in [1.54, 1.807) is 0 Å². The van der Waals surface area contributed by atoms with Gasteiger partial charge >= 0.3 is 0 Å². The highest BCUT2D eigenvalue weighted by Crippen LogP contribution is 2.20. The first-order valence-electron chi connectivity index (χ1n) is 8.73. The van der Waals surface area contributed by atoms with Gasteiger partial charge in [-0.15, -0.1) is 0 Å². The molecule has 1 atom stereocenters. The third-order valence-corrected chi connectivity index (χ3v) is 6.45. The molecule has 1 aromatic rings. The Labute approximate surface area is 145 Å². The van der Waals surface area contributed by atoms with E-state index in [0.29, 0.717) is 26.1 Å². The van der Waals surface area contributed by atoms with Gasteiger partial charge in [-0.25, -0.2) is 12.7 Å². The van der Waals surface area contributed by atoms with Crippen LogP contribution in [0.1, 0.15) is 37.3 Å². The molecular formula is C18H28N2O3S. The van der Waals surface area contributed by atoms with Gasteiger partial charge in [0.2, 0.25) is 15.9 Å². The Morgan fingerprint density at radius 1 is 1.38 bits per heavy atom. The van der Waals surface area contributed by atoms with Crippen LogP contribution in [0.15, 0.2) is 24.3 Å². The van der Waals surface area contributed by atoms with Crippen LogP contribution in [0.5, 0.6) is 0 Å². The first kappa shape index (κ1) is 18.9. The van der Waals surface area contributed by atoms with E-state index in [0.717, 1.165) is 19.3 Å². The van der Waals surface area contributed by atoms with Crippen molar-refractivity contribution in [3.8, 4) is 0 Å². The quantitative estimate of drug-likeness (QED) is 0.817. The van der Waals surface area contributed by atoms with Gasteiger partial charge in [-0.1, -0.05) is 36.8 Å². The monoisotopic (exact) mass is 352 g/mol. The van der Waals surface area contributed by atoms with E-state index in [1.165, 1.54) is 15.4 Å². The zero-order valence-electron chi connectivity index (χ0n) is 14.6. The summed E-state index contributed by atoms with van der Waals surface area (Å²) in [5.41, 5.74) is 2.41. The molecule has 1 heterocycles. The molecule has 1 aromatic carbocycles. The van der Waals surface area contributed by atoms with Gasteiger partial charge in [0.05, 0.1) is 11.7 Å². The van der Waals surface area contributed by atoms with Crippen molar-refractivity contribution >= 4 is 15.9 Å². The van der Waals surface area contributed by atoms with Crippen LogP contribution < -0.4 is 5.32 Å². The predicted molar refractivity (Wildman–Crippen MR) is 96.3 cm³/mol. The molecule has 1 fully saturated rings. The molecule has 0 aliphatic carbocycles. The lowest BCUT2D eigenvalue weighted by Crippen LogP contribution is -2.46. The van der Waals surface area contributed by atoms with Crippen molar-refractivity contribution in [1.29, 1.82) is 0 Å². The molecule has 1 saturated heterocycles. The first-order chi connectivity index (χ1) is 11.4. The number of amides is 1. The lowest BCUT2D eigenvalue weighted by atomic mass is 9.98. The molecule has 0 saturated carbocycles. The number of benzene rings is 1. The lowest BCUT2D eigenvalue weighted by Gasteiger charge is -2.31. The number of hydrogen-bond acceptors (Lipinski definition) is 3. The molecule has 0 aromatic heterocycles. The molecule has 2 rings (SSSR count). The van der Waals surface area contributed by atoms with Gasteiger partial charge in [-0.3, -0.25) is 4.79 Å². The second-order valence-electron chi connectivity index (χ2n) is 6.54. The average Bonchev–Trinajstić information content (AvgIpc) is 2.55. The van der Waals surface area contributed by atoms with Crippen molar-refractivity contribution in [2.45, 2.75) is 39.5 Å². The zero-order chi connectivity index (χ0) is 17.6. The zero-order valence-corrected chi connectivity index (χ0v) is 15.4. The fourth-order valence-electron chi connectivity index (χ4n) is 3.14. The molecule has 1 unspecified atom stereocenters. The molecule has 0 bridgehead atoms. The number of hydrogen-bond donors (Lipinski definition) is 1. The molecule has 1 aliphatic heterocycles. The summed E-state index contributed by atoms with van der Waals surface area (Å²) in [6, 6.07) is 8.24. The molecule has 1 amide bonds. The van der Waals surface area contributed by atoms with Crippen molar-refractivity contribution in [3.63, 3.8) is 0 Å². The molecule has 0 spiro atoms. The summed E-state index contributed by atoms with van der Waals surface area (Å²) in [5, 5.41) is 2.96. The van der Waals surface area contributed by atoms with Crippen LogP contribution in [0.25, 0.3) is 0 Å². The van der Waals surface area contributed by atoms with Gasteiger partial charge in [0, 0.05) is 19.6 Å². The van der Waals surface area contributed by atoms with Crippen LogP contribution in [0.4, 0.5) is 0 Å². The maximum Gasteiger partial charge on any atom is 0.224 e.